The Hall–Kier alpha value is -2.31. The molecule has 1 aliphatic rings. The summed E-state index contributed by atoms with van der Waals surface area (Å²) in [4.78, 5) is 23.2. The molecular weight excluding hydrogens is 309 g/mol. The zero-order valence-electron chi connectivity index (χ0n) is 12.4. The van der Waals surface area contributed by atoms with Gasteiger partial charge in [-0.1, -0.05) is 6.58 Å². The lowest BCUT2D eigenvalue weighted by atomic mass is 9.86. The van der Waals surface area contributed by atoms with E-state index in [2.05, 4.69) is 17.2 Å². The molecule has 23 heavy (non-hydrogen) atoms. The van der Waals surface area contributed by atoms with Crippen molar-refractivity contribution >= 4 is 23.2 Å². The van der Waals surface area contributed by atoms with Gasteiger partial charge in [-0.05, 0) is 37.1 Å². The van der Waals surface area contributed by atoms with Gasteiger partial charge < -0.3 is 10.6 Å². The van der Waals surface area contributed by atoms with Crippen molar-refractivity contribution in [2.24, 2.45) is 5.92 Å². The van der Waals surface area contributed by atoms with E-state index in [1.165, 1.54) is 12.1 Å². The lowest BCUT2D eigenvalue weighted by Crippen LogP contribution is -2.32. The quantitative estimate of drug-likeness (QED) is 0.829. The van der Waals surface area contributed by atoms with Crippen molar-refractivity contribution in [3.63, 3.8) is 0 Å². The molecule has 1 aromatic carbocycles. The molecule has 4 nitrogen and oxygen atoms in total. The molecule has 2 amide bonds. The predicted octanol–water partition coefficient (Wildman–Crippen LogP) is 3.71. The summed E-state index contributed by atoms with van der Waals surface area (Å²) in [5.74, 6) is -4.94. The molecule has 1 fully saturated rings. The maximum absolute atomic E-state index is 13.9. The molecule has 1 saturated carbocycles. The third-order valence-electron chi connectivity index (χ3n) is 3.77. The second kappa shape index (κ2) is 6.85. The van der Waals surface area contributed by atoms with Crippen LogP contribution in [0.4, 0.5) is 24.5 Å². The van der Waals surface area contributed by atoms with Gasteiger partial charge in [0.25, 0.3) is 0 Å². The fourth-order valence-electron chi connectivity index (χ4n) is 2.42. The van der Waals surface area contributed by atoms with Gasteiger partial charge in [0.1, 0.15) is 5.82 Å². The Kier molecular flexibility index (Phi) is 5.08. The first-order valence-electron chi connectivity index (χ1n) is 7.22. The molecule has 1 aromatic rings. The van der Waals surface area contributed by atoms with Gasteiger partial charge in [-0.3, -0.25) is 9.59 Å². The summed E-state index contributed by atoms with van der Waals surface area (Å²) in [5.41, 5.74) is 0.173. The Morgan fingerprint density at radius 3 is 2.43 bits per heavy atom. The fraction of sp³-hybridized carbons (Fsp3) is 0.375. The van der Waals surface area contributed by atoms with Crippen molar-refractivity contribution in [3.8, 4) is 0 Å². The van der Waals surface area contributed by atoms with E-state index in [1.54, 1.807) is 0 Å². The zero-order valence-corrected chi connectivity index (χ0v) is 12.4. The van der Waals surface area contributed by atoms with Crippen LogP contribution in [0.1, 0.15) is 25.7 Å². The van der Waals surface area contributed by atoms with E-state index in [4.69, 9.17) is 0 Å². The number of hydrogen-bond acceptors (Lipinski definition) is 2. The molecule has 0 spiro atoms. The molecule has 2 N–H and O–H groups in total. The van der Waals surface area contributed by atoms with Gasteiger partial charge >= 0.3 is 0 Å². The Labute approximate surface area is 131 Å². The van der Waals surface area contributed by atoms with Crippen molar-refractivity contribution < 1.29 is 22.8 Å². The van der Waals surface area contributed by atoms with Crippen molar-refractivity contribution in [2.75, 3.05) is 10.6 Å². The number of hydrogen-bond donors (Lipinski definition) is 2. The Bertz CT molecular complexity index is 622. The normalized spacial score (nSPS) is 17.3. The summed E-state index contributed by atoms with van der Waals surface area (Å²) in [6.45, 7) is 3.28. The predicted molar refractivity (Wildman–Crippen MR) is 80.8 cm³/mol. The second-order valence-corrected chi connectivity index (χ2v) is 5.51. The van der Waals surface area contributed by atoms with Crippen LogP contribution < -0.4 is 10.6 Å². The monoisotopic (exact) mass is 326 g/mol. The number of rotatable bonds is 4. The molecule has 0 aromatic heterocycles. The van der Waals surface area contributed by atoms with E-state index in [-0.39, 0.29) is 37.1 Å². The van der Waals surface area contributed by atoms with Crippen LogP contribution in [0.3, 0.4) is 0 Å². The standard InChI is InChI=1S/C16H17F3N2O2/c1-2-14(22)20-11-3-4-13(12(17)9-11)21-15(23)10-5-7-16(18,19)8-6-10/h2-4,9-10H,1,5-8H2,(H,20,22)(H,21,23). The molecule has 0 bridgehead atoms. The highest BCUT2D eigenvalue weighted by Crippen LogP contribution is 2.36. The zero-order chi connectivity index (χ0) is 17.0. The van der Waals surface area contributed by atoms with E-state index in [0.717, 1.165) is 12.1 Å². The molecule has 0 saturated heterocycles. The fourth-order valence-corrected chi connectivity index (χ4v) is 2.42. The van der Waals surface area contributed by atoms with Gasteiger partial charge in [0, 0.05) is 24.4 Å². The Balaban J connectivity index is 1.98. The second-order valence-electron chi connectivity index (χ2n) is 5.51. The number of nitrogens with one attached hydrogen (secondary N) is 2. The van der Waals surface area contributed by atoms with Gasteiger partial charge in [-0.25, -0.2) is 13.2 Å². The lowest BCUT2D eigenvalue weighted by molar-refractivity contribution is -0.124. The molecule has 1 aliphatic carbocycles. The van der Waals surface area contributed by atoms with E-state index in [1.807, 2.05) is 0 Å². The number of alkyl halides is 2. The van der Waals surface area contributed by atoms with E-state index < -0.39 is 29.5 Å². The largest absolute Gasteiger partial charge is 0.323 e. The molecule has 124 valence electrons. The van der Waals surface area contributed by atoms with E-state index in [0.29, 0.717) is 0 Å². The highest BCUT2D eigenvalue weighted by molar-refractivity contribution is 5.99. The molecular formula is C16H17F3N2O2. The van der Waals surface area contributed by atoms with Crippen molar-refractivity contribution in [2.45, 2.75) is 31.6 Å². The van der Waals surface area contributed by atoms with Gasteiger partial charge in [0.05, 0.1) is 5.69 Å². The molecule has 0 aliphatic heterocycles. The Morgan fingerprint density at radius 1 is 1.22 bits per heavy atom. The maximum Gasteiger partial charge on any atom is 0.248 e. The van der Waals surface area contributed by atoms with Crippen LogP contribution in [0, 0.1) is 11.7 Å². The third kappa shape index (κ3) is 4.58. The van der Waals surface area contributed by atoms with Gasteiger partial charge in [0.15, 0.2) is 0 Å². The van der Waals surface area contributed by atoms with Gasteiger partial charge in [0.2, 0.25) is 17.7 Å². The molecule has 7 heteroatoms. The van der Waals surface area contributed by atoms with E-state index >= 15 is 0 Å². The lowest BCUT2D eigenvalue weighted by Gasteiger charge is -2.27. The van der Waals surface area contributed by atoms with Crippen molar-refractivity contribution in [1.29, 1.82) is 0 Å². The average Bonchev–Trinajstić information content (AvgIpc) is 2.49. The third-order valence-corrected chi connectivity index (χ3v) is 3.77. The summed E-state index contributed by atoms with van der Waals surface area (Å²) in [7, 11) is 0. The molecule has 2 rings (SSSR count). The molecule has 0 atom stereocenters. The highest BCUT2D eigenvalue weighted by atomic mass is 19.3. The first-order valence-corrected chi connectivity index (χ1v) is 7.22. The molecule has 0 unspecified atom stereocenters. The number of carbonyl (C=O) groups excluding carboxylic acids is 2. The van der Waals surface area contributed by atoms with Gasteiger partial charge in [-0.2, -0.15) is 0 Å². The van der Waals surface area contributed by atoms with Crippen molar-refractivity contribution in [3.05, 3.63) is 36.7 Å². The van der Waals surface area contributed by atoms with Crippen LogP contribution in [-0.4, -0.2) is 17.7 Å². The van der Waals surface area contributed by atoms with Crippen LogP contribution in [0.15, 0.2) is 30.9 Å². The minimum atomic E-state index is -2.72. The van der Waals surface area contributed by atoms with Crippen molar-refractivity contribution in [1.82, 2.24) is 0 Å². The summed E-state index contributed by atoms with van der Waals surface area (Å²) in [6.07, 6.45) is 0.536. The number of anilines is 2. The van der Waals surface area contributed by atoms with Crippen LogP contribution in [-0.2, 0) is 9.59 Å². The minimum Gasteiger partial charge on any atom is -0.323 e. The van der Waals surface area contributed by atoms with Gasteiger partial charge in [-0.15, -0.1) is 0 Å². The highest BCUT2D eigenvalue weighted by Gasteiger charge is 2.37. The Morgan fingerprint density at radius 2 is 1.87 bits per heavy atom. The average molecular weight is 326 g/mol. The first kappa shape index (κ1) is 17.1. The van der Waals surface area contributed by atoms with Crippen LogP contribution in [0.5, 0.6) is 0 Å². The number of amides is 2. The van der Waals surface area contributed by atoms with Crippen LogP contribution in [0.25, 0.3) is 0 Å². The summed E-state index contributed by atoms with van der Waals surface area (Å²) < 4.78 is 40.1. The molecule has 0 heterocycles. The summed E-state index contributed by atoms with van der Waals surface area (Å²) in [5, 5.41) is 4.80. The SMILES string of the molecule is C=CC(=O)Nc1ccc(NC(=O)C2CCC(F)(F)CC2)c(F)c1. The number of carbonyl (C=O) groups is 2. The summed E-state index contributed by atoms with van der Waals surface area (Å²) >= 11 is 0. The minimum absolute atomic E-state index is 0.0519. The number of benzene rings is 1. The first-order chi connectivity index (χ1) is 10.8. The van der Waals surface area contributed by atoms with Crippen LogP contribution in [0.2, 0.25) is 0 Å². The van der Waals surface area contributed by atoms with Crippen LogP contribution >= 0.6 is 0 Å². The molecule has 0 radical (unpaired) electrons. The summed E-state index contributed by atoms with van der Waals surface area (Å²) in [6, 6.07) is 3.80. The maximum atomic E-state index is 13.9. The van der Waals surface area contributed by atoms with E-state index in [9.17, 15) is 22.8 Å². The number of halogens is 3. The topological polar surface area (TPSA) is 58.2 Å². The smallest absolute Gasteiger partial charge is 0.248 e.